The molecule has 1 heterocycles. The summed E-state index contributed by atoms with van der Waals surface area (Å²) in [5.41, 5.74) is 3.19. The molecule has 0 radical (unpaired) electrons. The van der Waals surface area contributed by atoms with E-state index >= 15 is 0 Å². The molecule has 100 valence electrons. The molecule has 0 atom stereocenters. The molecule has 2 aromatic rings. The molecule has 1 aromatic heterocycles. The van der Waals surface area contributed by atoms with Crippen molar-refractivity contribution < 1.29 is 0 Å². The zero-order valence-electron chi connectivity index (χ0n) is 11.5. The molecule has 0 N–H and O–H groups in total. The second-order valence-electron chi connectivity index (χ2n) is 4.53. The van der Waals surface area contributed by atoms with Crippen LogP contribution < -0.4 is 4.90 Å². The molecule has 5 heteroatoms. The van der Waals surface area contributed by atoms with Gasteiger partial charge in [-0.1, -0.05) is 30.4 Å². The van der Waals surface area contributed by atoms with Gasteiger partial charge in [0.15, 0.2) is 4.77 Å². The van der Waals surface area contributed by atoms with Crippen LogP contribution in [0.15, 0.2) is 30.3 Å². The Labute approximate surface area is 123 Å². The first-order chi connectivity index (χ1) is 8.95. The minimum atomic E-state index is 0.729. The van der Waals surface area contributed by atoms with E-state index < -0.39 is 0 Å². The van der Waals surface area contributed by atoms with Crippen LogP contribution in [0.3, 0.4) is 0 Å². The van der Waals surface area contributed by atoms with E-state index in [0.29, 0.717) is 0 Å². The number of nitrogens with zero attached hydrogens (tertiary/aromatic N) is 3. The summed E-state index contributed by atoms with van der Waals surface area (Å²) in [6, 6.07) is 10.2. The topological polar surface area (TPSA) is 13.1 Å². The van der Waals surface area contributed by atoms with Gasteiger partial charge < -0.3 is 14.0 Å². The van der Waals surface area contributed by atoms with E-state index in [0.717, 1.165) is 26.5 Å². The zero-order chi connectivity index (χ0) is 14.2. The molecule has 19 heavy (non-hydrogen) atoms. The van der Waals surface area contributed by atoms with Gasteiger partial charge in [0.1, 0.15) is 4.64 Å². The van der Waals surface area contributed by atoms with Gasteiger partial charge in [0, 0.05) is 32.5 Å². The maximum atomic E-state index is 5.55. The van der Waals surface area contributed by atoms with Gasteiger partial charge in [-0.15, -0.1) is 0 Å². The van der Waals surface area contributed by atoms with Crippen LogP contribution in [0.5, 0.6) is 0 Å². The summed E-state index contributed by atoms with van der Waals surface area (Å²) in [5, 5.41) is 0. The van der Waals surface area contributed by atoms with Gasteiger partial charge in [0.25, 0.3) is 0 Å². The minimum absolute atomic E-state index is 0.729. The fraction of sp³-hybridized carbons (Fsp3) is 0.286. The monoisotopic (exact) mass is 291 g/mol. The normalized spacial score (nSPS) is 10.5. The first-order valence-corrected chi connectivity index (χ1v) is 6.82. The summed E-state index contributed by atoms with van der Waals surface area (Å²) >= 11 is 10.9. The molecule has 0 amide bonds. The maximum Gasteiger partial charge on any atom is 0.180 e. The summed E-state index contributed by atoms with van der Waals surface area (Å²) in [7, 11) is 5.90. The smallest absolute Gasteiger partial charge is 0.180 e. The standard InChI is InChI=1S/C14H17N3S2/c1-10-12(13(18)17(4)14(19)15(10)2)16(3)11-8-6-5-7-9-11/h5-9H,1-4H3. The number of aromatic nitrogens is 2. The Balaban J connectivity index is 2.71. The molecule has 1 aromatic carbocycles. The summed E-state index contributed by atoms with van der Waals surface area (Å²) in [5.74, 6) is 0. The highest BCUT2D eigenvalue weighted by molar-refractivity contribution is 7.72. The second-order valence-corrected chi connectivity index (χ2v) is 5.29. The summed E-state index contributed by atoms with van der Waals surface area (Å²) in [6.45, 7) is 2.04. The lowest BCUT2D eigenvalue weighted by atomic mass is 10.2. The molecular formula is C14H17N3S2. The Kier molecular flexibility index (Phi) is 3.87. The van der Waals surface area contributed by atoms with Crippen molar-refractivity contribution in [2.24, 2.45) is 14.1 Å². The van der Waals surface area contributed by atoms with Crippen molar-refractivity contribution in [1.82, 2.24) is 9.13 Å². The Bertz CT molecular complexity index is 714. The van der Waals surface area contributed by atoms with E-state index in [1.165, 1.54) is 0 Å². The van der Waals surface area contributed by atoms with E-state index in [-0.39, 0.29) is 0 Å². The lowest BCUT2D eigenvalue weighted by molar-refractivity contribution is 0.709. The van der Waals surface area contributed by atoms with Crippen LogP contribution in [-0.2, 0) is 14.1 Å². The third kappa shape index (κ3) is 2.35. The van der Waals surface area contributed by atoms with Crippen LogP contribution in [0, 0.1) is 16.3 Å². The molecule has 0 spiro atoms. The SMILES string of the molecule is Cc1c(N(C)c2ccccc2)c(=S)n(C)c(=S)n1C. The highest BCUT2D eigenvalue weighted by Crippen LogP contribution is 2.27. The Morgan fingerprint density at radius 1 is 1.00 bits per heavy atom. The summed E-state index contributed by atoms with van der Waals surface area (Å²) in [4.78, 5) is 2.10. The van der Waals surface area contributed by atoms with Gasteiger partial charge in [-0.2, -0.15) is 0 Å². The van der Waals surface area contributed by atoms with Crippen molar-refractivity contribution >= 4 is 35.8 Å². The zero-order valence-corrected chi connectivity index (χ0v) is 13.2. The molecule has 0 saturated heterocycles. The van der Waals surface area contributed by atoms with Gasteiger partial charge in [-0.3, -0.25) is 0 Å². The van der Waals surface area contributed by atoms with Crippen molar-refractivity contribution in [3.8, 4) is 0 Å². The van der Waals surface area contributed by atoms with Crippen molar-refractivity contribution in [2.75, 3.05) is 11.9 Å². The van der Waals surface area contributed by atoms with Gasteiger partial charge >= 0.3 is 0 Å². The maximum absolute atomic E-state index is 5.55. The van der Waals surface area contributed by atoms with E-state index in [9.17, 15) is 0 Å². The van der Waals surface area contributed by atoms with Crippen molar-refractivity contribution in [2.45, 2.75) is 6.92 Å². The van der Waals surface area contributed by atoms with Crippen LogP contribution in [0.25, 0.3) is 0 Å². The first kappa shape index (κ1) is 14.0. The molecule has 3 nitrogen and oxygen atoms in total. The summed E-state index contributed by atoms with van der Waals surface area (Å²) in [6.07, 6.45) is 0. The van der Waals surface area contributed by atoms with E-state index in [1.54, 1.807) is 0 Å². The van der Waals surface area contributed by atoms with Gasteiger partial charge in [-0.05, 0) is 31.3 Å². The molecular weight excluding hydrogens is 274 g/mol. The highest BCUT2D eigenvalue weighted by Gasteiger charge is 2.13. The number of hydrogen-bond acceptors (Lipinski definition) is 3. The van der Waals surface area contributed by atoms with Crippen molar-refractivity contribution in [3.63, 3.8) is 0 Å². The Hall–Kier alpha value is -1.46. The molecule has 0 saturated carbocycles. The number of hydrogen-bond donors (Lipinski definition) is 0. The number of para-hydroxylation sites is 1. The van der Waals surface area contributed by atoms with E-state index in [2.05, 4.69) is 17.0 Å². The number of benzene rings is 1. The average Bonchev–Trinajstić information content (AvgIpc) is 2.44. The van der Waals surface area contributed by atoms with Gasteiger partial charge in [0.2, 0.25) is 0 Å². The minimum Gasteiger partial charge on any atom is -0.341 e. The second kappa shape index (κ2) is 5.27. The van der Waals surface area contributed by atoms with Crippen LogP contribution in [-0.4, -0.2) is 16.2 Å². The average molecular weight is 291 g/mol. The fourth-order valence-electron chi connectivity index (χ4n) is 2.09. The Morgan fingerprint density at radius 3 is 2.16 bits per heavy atom. The molecule has 0 aliphatic heterocycles. The lowest BCUT2D eigenvalue weighted by Crippen LogP contribution is -2.18. The quantitative estimate of drug-likeness (QED) is 0.779. The van der Waals surface area contributed by atoms with Crippen LogP contribution in [0.1, 0.15) is 5.69 Å². The molecule has 0 bridgehead atoms. The van der Waals surface area contributed by atoms with E-state index in [4.69, 9.17) is 24.4 Å². The fourth-order valence-corrected chi connectivity index (χ4v) is 2.75. The third-order valence-corrected chi connectivity index (χ3v) is 4.42. The number of rotatable bonds is 2. The molecule has 0 aliphatic rings. The molecule has 0 fully saturated rings. The summed E-state index contributed by atoms with van der Waals surface area (Å²) < 4.78 is 5.34. The molecule has 0 aliphatic carbocycles. The van der Waals surface area contributed by atoms with Crippen molar-refractivity contribution in [3.05, 3.63) is 45.4 Å². The molecule has 0 unspecified atom stereocenters. The van der Waals surface area contributed by atoms with Crippen LogP contribution in [0.4, 0.5) is 11.4 Å². The van der Waals surface area contributed by atoms with Crippen LogP contribution in [0.2, 0.25) is 0 Å². The van der Waals surface area contributed by atoms with Gasteiger partial charge in [-0.25, -0.2) is 0 Å². The largest absolute Gasteiger partial charge is 0.341 e. The predicted molar refractivity (Wildman–Crippen MR) is 85.3 cm³/mol. The van der Waals surface area contributed by atoms with Gasteiger partial charge in [0.05, 0.1) is 5.69 Å². The van der Waals surface area contributed by atoms with E-state index in [1.807, 2.05) is 55.4 Å². The first-order valence-electron chi connectivity index (χ1n) is 6.00. The van der Waals surface area contributed by atoms with Crippen molar-refractivity contribution in [1.29, 1.82) is 0 Å². The lowest BCUT2D eigenvalue weighted by Gasteiger charge is -2.24. The predicted octanol–water partition coefficient (Wildman–Crippen LogP) is 3.90. The third-order valence-electron chi connectivity index (χ3n) is 3.41. The Morgan fingerprint density at radius 2 is 1.58 bits per heavy atom. The molecule has 2 rings (SSSR count). The number of anilines is 2. The van der Waals surface area contributed by atoms with Crippen LogP contribution >= 0.6 is 24.4 Å². The highest BCUT2D eigenvalue weighted by atomic mass is 32.1.